The summed E-state index contributed by atoms with van der Waals surface area (Å²) >= 11 is 0. The van der Waals surface area contributed by atoms with Crippen LogP contribution in [-0.4, -0.2) is 23.6 Å². The first-order valence-electron chi connectivity index (χ1n) is 6.66. The zero-order chi connectivity index (χ0) is 15.2. The van der Waals surface area contributed by atoms with Gasteiger partial charge in [0.25, 0.3) is 0 Å². The van der Waals surface area contributed by atoms with Crippen LogP contribution in [0.25, 0.3) is 0 Å². The highest BCUT2D eigenvalue weighted by molar-refractivity contribution is 5.62. The quantitative estimate of drug-likeness (QED) is 0.914. The third-order valence-electron chi connectivity index (χ3n) is 2.94. The van der Waals surface area contributed by atoms with Gasteiger partial charge in [-0.05, 0) is 24.6 Å². The largest absolute Gasteiger partial charge is 0.354 e. The van der Waals surface area contributed by atoms with Crippen LogP contribution in [0.1, 0.15) is 18.9 Å². The third kappa shape index (κ3) is 3.45. The van der Waals surface area contributed by atoms with Crippen LogP contribution in [-0.2, 0) is 0 Å². The predicted octanol–water partition coefficient (Wildman–Crippen LogP) is 3.08. The van der Waals surface area contributed by atoms with E-state index in [-0.39, 0.29) is 5.82 Å². The van der Waals surface area contributed by atoms with E-state index in [9.17, 15) is 4.39 Å². The minimum Gasteiger partial charge on any atom is -0.354 e. The second-order valence-electron chi connectivity index (χ2n) is 4.51. The fourth-order valence-electron chi connectivity index (χ4n) is 1.82. The molecule has 2 aromatic rings. The van der Waals surface area contributed by atoms with Gasteiger partial charge in [0.05, 0.1) is 17.8 Å². The molecule has 0 saturated heterocycles. The standard InChI is InChI=1S/C15H16FN5/c1-3-7-18-15-19-10-13(16)14(20-15)21(2)12-6-4-5-11(8-12)9-17/h4-6,8,10H,3,7H2,1-2H3,(H,18,19,20). The van der Waals surface area contributed by atoms with E-state index in [1.807, 2.05) is 6.92 Å². The van der Waals surface area contributed by atoms with Gasteiger partial charge < -0.3 is 10.2 Å². The van der Waals surface area contributed by atoms with E-state index in [1.54, 1.807) is 36.2 Å². The highest BCUT2D eigenvalue weighted by Crippen LogP contribution is 2.25. The number of rotatable bonds is 5. The number of nitriles is 1. The molecule has 0 aliphatic carbocycles. The van der Waals surface area contributed by atoms with E-state index >= 15 is 0 Å². The van der Waals surface area contributed by atoms with Crippen LogP contribution in [0.4, 0.5) is 21.8 Å². The molecule has 1 heterocycles. The van der Waals surface area contributed by atoms with Crippen LogP contribution < -0.4 is 10.2 Å². The molecule has 0 saturated carbocycles. The Morgan fingerprint density at radius 3 is 2.95 bits per heavy atom. The summed E-state index contributed by atoms with van der Waals surface area (Å²) in [5.74, 6) is 0.0390. The zero-order valence-corrected chi connectivity index (χ0v) is 12.0. The molecule has 0 spiro atoms. The Hall–Kier alpha value is -2.68. The Kier molecular flexibility index (Phi) is 4.67. The van der Waals surface area contributed by atoms with Crippen molar-refractivity contribution in [2.75, 3.05) is 23.8 Å². The van der Waals surface area contributed by atoms with E-state index in [4.69, 9.17) is 5.26 Å². The first-order valence-corrected chi connectivity index (χ1v) is 6.66. The summed E-state index contributed by atoms with van der Waals surface area (Å²) in [7, 11) is 1.70. The Morgan fingerprint density at radius 1 is 1.43 bits per heavy atom. The lowest BCUT2D eigenvalue weighted by molar-refractivity contribution is 0.614. The van der Waals surface area contributed by atoms with E-state index in [2.05, 4.69) is 21.4 Å². The van der Waals surface area contributed by atoms with Crippen molar-refractivity contribution in [2.45, 2.75) is 13.3 Å². The molecule has 0 aliphatic heterocycles. The first-order chi connectivity index (χ1) is 10.2. The van der Waals surface area contributed by atoms with E-state index in [1.165, 1.54) is 0 Å². The molecule has 0 aliphatic rings. The number of anilines is 3. The number of aromatic nitrogens is 2. The van der Waals surface area contributed by atoms with Crippen LogP contribution >= 0.6 is 0 Å². The lowest BCUT2D eigenvalue weighted by Gasteiger charge is -2.19. The van der Waals surface area contributed by atoms with Gasteiger partial charge in [-0.1, -0.05) is 13.0 Å². The van der Waals surface area contributed by atoms with Gasteiger partial charge in [0.2, 0.25) is 5.95 Å². The smallest absolute Gasteiger partial charge is 0.224 e. The van der Waals surface area contributed by atoms with Crippen molar-refractivity contribution in [3.05, 3.63) is 41.8 Å². The Balaban J connectivity index is 2.33. The minimum absolute atomic E-state index is 0.165. The number of nitrogens with one attached hydrogen (secondary N) is 1. The molecule has 0 amide bonds. The zero-order valence-electron chi connectivity index (χ0n) is 12.0. The van der Waals surface area contributed by atoms with Gasteiger partial charge in [-0.25, -0.2) is 9.37 Å². The number of benzene rings is 1. The molecule has 0 unspecified atom stereocenters. The van der Waals surface area contributed by atoms with E-state index < -0.39 is 5.82 Å². The molecular formula is C15H16FN5. The summed E-state index contributed by atoms with van der Waals surface area (Å²) in [4.78, 5) is 9.69. The van der Waals surface area contributed by atoms with Gasteiger partial charge in [-0.3, -0.25) is 0 Å². The van der Waals surface area contributed by atoms with Crippen molar-refractivity contribution in [1.82, 2.24) is 9.97 Å². The second-order valence-corrected chi connectivity index (χ2v) is 4.51. The van der Waals surface area contributed by atoms with Crippen LogP contribution in [0.15, 0.2) is 30.5 Å². The van der Waals surface area contributed by atoms with Crippen molar-refractivity contribution in [3.63, 3.8) is 0 Å². The highest BCUT2D eigenvalue weighted by Gasteiger charge is 2.13. The summed E-state index contributed by atoms with van der Waals surface area (Å²) in [6.07, 6.45) is 2.07. The first kappa shape index (κ1) is 14.7. The molecule has 1 aromatic carbocycles. The summed E-state index contributed by atoms with van der Waals surface area (Å²) in [6, 6.07) is 8.98. The molecular weight excluding hydrogens is 269 g/mol. The monoisotopic (exact) mass is 285 g/mol. The number of halogens is 1. The predicted molar refractivity (Wildman–Crippen MR) is 80.0 cm³/mol. The molecule has 0 radical (unpaired) electrons. The molecule has 21 heavy (non-hydrogen) atoms. The van der Waals surface area contributed by atoms with Crippen LogP contribution in [0, 0.1) is 17.1 Å². The molecule has 6 heteroatoms. The minimum atomic E-state index is -0.512. The van der Waals surface area contributed by atoms with E-state index in [0.29, 0.717) is 17.2 Å². The van der Waals surface area contributed by atoms with Gasteiger partial charge in [0.1, 0.15) is 0 Å². The van der Waals surface area contributed by atoms with Gasteiger partial charge >= 0.3 is 0 Å². The third-order valence-corrected chi connectivity index (χ3v) is 2.94. The average molecular weight is 285 g/mol. The number of nitrogens with zero attached hydrogens (tertiary/aromatic N) is 4. The lowest BCUT2D eigenvalue weighted by Crippen LogP contribution is -2.15. The fraction of sp³-hybridized carbons (Fsp3) is 0.267. The molecule has 0 atom stereocenters. The van der Waals surface area contributed by atoms with E-state index in [0.717, 1.165) is 19.2 Å². The summed E-state index contributed by atoms with van der Waals surface area (Å²) in [6.45, 7) is 2.75. The Labute approximate surface area is 123 Å². The number of hydrogen-bond acceptors (Lipinski definition) is 5. The lowest BCUT2D eigenvalue weighted by atomic mass is 10.2. The molecule has 1 aromatic heterocycles. The van der Waals surface area contributed by atoms with Gasteiger partial charge in [-0.2, -0.15) is 10.2 Å². The van der Waals surface area contributed by atoms with Gasteiger partial charge in [-0.15, -0.1) is 0 Å². The Bertz CT molecular complexity index is 665. The molecule has 5 nitrogen and oxygen atoms in total. The van der Waals surface area contributed by atoms with Crippen molar-refractivity contribution in [2.24, 2.45) is 0 Å². The fourth-order valence-corrected chi connectivity index (χ4v) is 1.82. The maximum Gasteiger partial charge on any atom is 0.224 e. The summed E-state index contributed by atoms with van der Waals surface area (Å²) < 4.78 is 14.0. The SMILES string of the molecule is CCCNc1ncc(F)c(N(C)c2cccc(C#N)c2)n1. The maximum absolute atomic E-state index is 14.0. The molecule has 0 fully saturated rings. The number of hydrogen-bond donors (Lipinski definition) is 1. The maximum atomic E-state index is 14.0. The van der Waals surface area contributed by atoms with Gasteiger partial charge in [0.15, 0.2) is 11.6 Å². The highest BCUT2D eigenvalue weighted by atomic mass is 19.1. The topological polar surface area (TPSA) is 64.8 Å². The van der Waals surface area contributed by atoms with Crippen LogP contribution in [0.5, 0.6) is 0 Å². The average Bonchev–Trinajstić information content (AvgIpc) is 2.53. The summed E-state index contributed by atoms with van der Waals surface area (Å²) in [5, 5.41) is 12.0. The van der Waals surface area contributed by atoms with Crippen molar-refractivity contribution >= 4 is 17.5 Å². The molecule has 108 valence electrons. The van der Waals surface area contributed by atoms with Crippen LogP contribution in [0.3, 0.4) is 0 Å². The van der Waals surface area contributed by atoms with Crippen molar-refractivity contribution in [1.29, 1.82) is 5.26 Å². The molecule has 1 N–H and O–H groups in total. The van der Waals surface area contributed by atoms with Crippen LogP contribution in [0.2, 0.25) is 0 Å². The molecule has 2 rings (SSSR count). The van der Waals surface area contributed by atoms with Crippen molar-refractivity contribution in [3.8, 4) is 6.07 Å². The van der Waals surface area contributed by atoms with Gasteiger partial charge in [0, 0.05) is 19.3 Å². The normalized spacial score (nSPS) is 10.0. The van der Waals surface area contributed by atoms with Crippen molar-refractivity contribution < 1.29 is 4.39 Å². The molecule has 0 bridgehead atoms. The second kappa shape index (κ2) is 6.66. The Morgan fingerprint density at radius 2 is 2.24 bits per heavy atom. The summed E-state index contributed by atoms with van der Waals surface area (Å²) in [5.41, 5.74) is 1.20.